The second-order valence-electron chi connectivity index (χ2n) is 7.24. The van der Waals surface area contributed by atoms with E-state index < -0.39 is 0 Å². The Morgan fingerprint density at radius 2 is 1.91 bits per heavy atom. The molecule has 0 aromatic heterocycles. The maximum absolute atomic E-state index is 12.4. The molecule has 2 heterocycles. The summed E-state index contributed by atoms with van der Waals surface area (Å²) < 4.78 is 5.45. The lowest BCUT2D eigenvalue weighted by Gasteiger charge is -2.32. The molecule has 1 atom stereocenters. The number of amides is 2. The first-order chi connectivity index (χ1) is 11.1. The Morgan fingerprint density at radius 3 is 2.48 bits per heavy atom. The molecule has 2 saturated heterocycles. The van der Waals surface area contributed by atoms with Gasteiger partial charge < -0.3 is 15.0 Å². The molecule has 1 aliphatic carbocycles. The molecule has 0 spiro atoms. The molecular formula is C17H29N3O3. The second-order valence-corrected chi connectivity index (χ2v) is 7.24. The van der Waals surface area contributed by atoms with Gasteiger partial charge in [0.25, 0.3) is 0 Å². The molecule has 1 unspecified atom stereocenters. The smallest absolute Gasteiger partial charge is 0.234 e. The normalized spacial score (nSPS) is 25.8. The van der Waals surface area contributed by atoms with Crippen LogP contribution in [0.3, 0.4) is 0 Å². The highest BCUT2D eigenvalue weighted by Crippen LogP contribution is 2.28. The zero-order valence-electron chi connectivity index (χ0n) is 14.1. The molecule has 130 valence electrons. The van der Waals surface area contributed by atoms with Gasteiger partial charge >= 0.3 is 0 Å². The Labute approximate surface area is 138 Å². The fourth-order valence-electron chi connectivity index (χ4n) is 3.64. The maximum Gasteiger partial charge on any atom is 0.234 e. The van der Waals surface area contributed by atoms with Crippen LogP contribution in [0.15, 0.2) is 0 Å². The molecule has 2 amide bonds. The Hall–Kier alpha value is -1.14. The molecule has 1 saturated carbocycles. The molecule has 1 N–H and O–H groups in total. The van der Waals surface area contributed by atoms with Crippen LogP contribution >= 0.6 is 0 Å². The molecular weight excluding hydrogens is 294 g/mol. The van der Waals surface area contributed by atoms with Gasteiger partial charge in [-0.15, -0.1) is 0 Å². The van der Waals surface area contributed by atoms with Crippen LogP contribution in [0.25, 0.3) is 0 Å². The summed E-state index contributed by atoms with van der Waals surface area (Å²) in [5.74, 6) is 0.854. The van der Waals surface area contributed by atoms with Crippen molar-refractivity contribution in [3.05, 3.63) is 0 Å². The molecule has 0 aromatic rings. The van der Waals surface area contributed by atoms with Crippen LogP contribution in [0.2, 0.25) is 0 Å². The van der Waals surface area contributed by atoms with E-state index in [9.17, 15) is 9.59 Å². The highest BCUT2D eigenvalue weighted by Gasteiger charge is 2.33. The SMILES string of the molecule is CC(=O)N1CCC(NC(=O)CN(CC2CCOC2)C2CC2)CC1. The molecule has 0 bridgehead atoms. The van der Waals surface area contributed by atoms with E-state index in [-0.39, 0.29) is 17.9 Å². The van der Waals surface area contributed by atoms with Gasteiger partial charge in [-0.25, -0.2) is 0 Å². The maximum atomic E-state index is 12.4. The van der Waals surface area contributed by atoms with Crippen molar-refractivity contribution >= 4 is 11.8 Å². The van der Waals surface area contributed by atoms with E-state index in [1.807, 2.05) is 4.90 Å². The fraction of sp³-hybridized carbons (Fsp3) is 0.882. The van der Waals surface area contributed by atoms with Gasteiger partial charge in [-0.2, -0.15) is 0 Å². The zero-order valence-corrected chi connectivity index (χ0v) is 14.1. The number of ether oxygens (including phenoxy) is 1. The summed E-state index contributed by atoms with van der Waals surface area (Å²) in [5.41, 5.74) is 0. The zero-order chi connectivity index (χ0) is 16.2. The van der Waals surface area contributed by atoms with Crippen molar-refractivity contribution in [3.63, 3.8) is 0 Å². The second kappa shape index (κ2) is 7.62. The van der Waals surface area contributed by atoms with E-state index in [0.29, 0.717) is 18.5 Å². The summed E-state index contributed by atoms with van der Waals surface area (Å²) in [5, 5.41) is 3.17. The Kier molecular flexibility index (Phi) is 5.54. The number of rotatable bonds is 6. The van der Waals surface area contributed by atoms with E-state index in [2.05, 4.69) is 10.2 Å². The third-order valence-corrected chi connectivity index (χ3v) is 5.23. The summed E-state index contributed by atoms with van der Waals surface area (Å²) in [6, 6.07) is 0.815. The van der Waals surface area contributed by atoms with Crippen LogP contribution in [0, 0.1) is 5.92 Å². The molecule has 3 fully saturated rings. The lowest BCUT2D eigenvalue weighted by Crippen LogP contribution is -2.49. The third kappa shape index (κ3) is 4.91. The van der Waals surface area contributed by atoms with Crippen LogP contribution in [-0.4, -0.2) is 73.1 Å². The predicted molar refractivity (Wildman–Crippen MR) is 86.9 cm³/mol. The molecule has 2 aliphatic heterocycles. The Morgan fingerprint density at radius 1 is 1.17 bits per heavy atom. The lowest BCUT2D eigenvalue weighted by atomic mass is 10.0. The summed E-state index contributed by atoms with van der Waals surface area (Å²) in [4.78, 5) is 27.9. The first-order valence-electron chi connectivity index (χ1n) is 8.98. The quantitative estimate of drug-likeness (QED) is 0.778. The van der Waals surface area contributed by atoms with Crippen LogP contribution in [0.4, 0.5) is 0 Å². The first-order valence-corrected chi connectivity index (χ1v) is 8.98. The number of piperidine rings is 1. The van der Waals surface area contributed by atoms with Crippen molar-refractivity contribution in [2.24, 2.45) is 5.92 Å². The van der Waals surface area contributed by atoms with Crippen molar-refractivity contribution in [3.8, 4) is 0 Å². The monoisotopic (exact) mass is 323 g/mol. The highest BCUT2D eigenvalue weighted by molar-refractivity contribution is 5.78. The standard InChI is InChI=1S/C17H29N3O3/c1-13(21)19-7-4-15(5-8-19)18-17(22)11-20(16-2-3-16)10-14-6-9-23-12-14/h14-16H,2-12H2,1H3,(H,18,22). The number of carbonyl (C=O) groups excluding carboxylic acids is 2. The first kappa shape index (κ1) is 16.7. The minimum Gasteiger partial charge on any atom is -0.381 e. The molecule has 3 rings (SSSR count). The van der Waals surface area contributed by atoms with Gasteiger partial charge in [-0.1, -0.05) is 0 Å². The number of hydrogen-bond acceptors (Lipinski definition) is 4. The van der Waals surface area contributed by atoms with E-state index in [1.165, 1.54) is 12.8 Å². The summed E-state index contributed by atoms with van der Waals surface area (Å²) in [6.07, 6.45) is 5.29. The Balaban J connectivity index is 1.41. The molecule has 0 radical (unpaired) electrons. The summed E-state index contributed by atoms with van der Waals surface area (Å²) >= 11 is 0. The third-order valence-electron chi connectivity index (χ3n) is 5.23. The van der Waals surface area contributed by atoms with Gasteiger partial charge in [-0.3, -0.25) is 14.5 Å². The number of likely N-dealkylation sites (tertiary alicyclic amines) is 1. The predicted octanol–water partition coefficient (Wildman–Crippen LogP) is 0.614. The van der Waals surface area contributed by atoms with Crippen LogP contribution in [0.1, 0.15) is 39.0 Å². The summed E-state index contributed by atoms with van der Waals surface area (Å²) in [6.45, 7) is 6.32. The van der Waals surface area contributed by atoms with E-state index in [0.717, 1.165) is 52.1 Å². The fourth-order valence-corrected chi connectivity index (χ4v) is 3.64. The van der Waals surface area contributed by atoms with Crippen molar-refractivity contribution in [1.29, 1.82) is 0 Å². The molecule has 6 nitrogen and oxygen atoms in total. The minimum absolute atomic E-state index is 0.133. The molecule has 6 heteroatoms. The average molecular weight is 323 g/mol. The van der Waals surface area contributed by atoms with Crippen molar-refractivity contribution in [2.75, 3.05) is 39.4 Å². The van der Waals surface area contributed by atoms with Gasteiger partial charge in [0.05, 0.1) is 13.2 Å². The number of hydrogen-bond donors (Lipinski definition) is 1. The Bertz CT molecular complexity index is 425. The minimum atomic E-state index is 0.133. The lowest BCUT2D eigenvalue weighted by molar-refractivity contribution is -0.130. The van der Waals surface area contributed by atoms with Crippen LogP contribution in [0.5, 0.6) is 0 Å². The molecule has 3 aliphatic rings. The largest absolute Gasteiger partial charge is 0.381 e. The van der Waals surface area contributed by atoms with Gasteiger partial charge in [-0.05, 0) is 38.0 Å². The van der Waals surface area contributed by atoms with E-state index in [4.69, 9.17) is 4.74 Å². The molecule has 0 aromatic carbocycles. The highest BCUT2D eigenvalue weighted by atomic mass is 16.5. The van der Waals surface area contributed by atoms with E-state index in [1.54, 1.807) is 6.92 Å². The van der Waals surface area contributed by atoms with Gasteiger partial charge in [0.15, 0.2) is 0 Å². The van der Waals surface area contributed by atoms with Crippen molar-refractivity contribution in [2.45, 2.75) is 51.1 Å². The average Bonchev–Trinajstić information content (AvgIpc) is 3.25. The number of nitrogens with one attached hydrogen (secondary N) is 1. The van der Waals surface area contributed by atoms with Crippen molar-refractivity contribution < 1.29 is 14.3 Å². The van der Waals surface area contributed by atoms with Crippen LogP contribution < -0.4 is 5.32 Å². The topological polar surface area (TPSA) is 61.9 Å². The van der Waals surface area contributed by atoms with Crippen LogP contribution in [-0.2, 0) is 14.3 Å². The van der Waals surface area contributed by atoms with Gasteiger partial charge in [0.2, 0.25) is 11.8 Å². The van der Waals surface area contributed by atoms with Gasteiger partial charge in [0.1, 0.15) is 0 Å². The number of carbonyl (C=O) groups is 2. The molecule has 23 heavy (non-hydrogen) atoms. The number of nitrogens with zero attached hydrogens (tertiary/aromatic N) is 2. The summed E-state index contributed by atoms with van der Waals surface area (Å²) in [7, 11) is 0. The van der Waals surface area contributed by atoms with Crippen molar-refractivity contribution in [1.82, 2.24) is 15.1 Å². The van der Waals surface area contributed by atoms with E-state index >= 15 is 0 Å². The van der Waals surface area contributed by atoms with Gasteiger partial charge in [0, 0.05) is 45.2 Å².